The highest BCUT2D eigenvalue weighted by Crippen LogP contribution is 2.31. The smallest absolute Gasteiger partial charge is 0.272 e. The number of rotatable bonds is 3. The zero-order valence-corrected chi connectivity index (χ0v) is 14.9. The Morgan fingerprint density at radius 1 is 1.32 bits per heavy atom. The van der Waals surface area contributed by atoms with E-state index in [1.165, 1.54) is 11.3 Å². The Hall–Kier alpha value is -2.28. The Balaban J connectivity index is 1.56. The van der Waals surface area contributed by atoms with Crippen LogP contribution in [0.2, 0.25) is 0 Å². The minimum atomic E-state index is -0.119. The first kappa shape index (κ1) is 16.2. The Labute approximate surface area is 150 Å². The molecule has 25 heavy (non-hydrogen) atoms. The van der Waals surface area contributed by atoms with E-state index >= 15 is 0 Å². The molecule has 2 amide bonds. The number of thiazole rings is 1. The number of carbonyl (C=O) groups excluding carboxylic acids is 2. The van der Waals surface area contributed by atoms with E-state index in [1.807, 2.05) is 34.2 Å². The fourth-order valence-electron chi connectivity index (χ4n) is 3.73. The first-order chi connectivity index (χ1) is 12.1. The van der Waals surface area contributed by atoms with Gasteiger partial charge in [0.2, 0.25) is 5.91 Å². The summed E-state index contributed by atoms with van der Waals surface area (Å²) in [5.41, 5.74) is 3.99. The Morgan fingerprint density at radius 3 is 2.96 bits per heavy atom. The van der Waals surface area contributed by atoms with E-state index in [-0.39, 0.29) is 23.8 Å². The van der Waals surface area contributed by atoms with Gasteiger partial charge >= 0.3 is 0 Å². The van der Waals surface area contributed by atoms with Gasteiger partial charge in [-0.3, -0.25) is 9.59 Å². The molecule has 2 bridgehead atoms. The van der Waals surface area contributed by atoms with Crippen molar-refractivity contribution in [3.63, 3.8) is 0 Å². The maximum absolute atomic E-state index is 12.9. The largest absolute Gasteiger partial charge is 0.334 e. The van der Waals surface area contributed by atoms with Crippen molar-refractivity contribution in [1.29, 1.82) is 0 Å². The van der Waals surface area contributed by atoms with Gasteiger partial charge in [-0.2, -0.15) is 0 Å². The van der Waals surface area contributed by atoms with Crippen LogP contribution in [0.3, 0.4) is 0 Å². The number of hydrogen-bond donors (Lipinski definition) is 0. The Morgan fingerprint density at radius 2 is 2.20 bits per heavy atom. The van der Waals surface area contributed by atoms with Gasteiger partial charge in [-0.1, -0.05) is 6.07 Å². The summed E-state index contributed by atoms with van der Waals surface area (Å²) in [6, 6.07) is 5.53. The Kier molecular flexibility index (Phi) is 4.25. The highest BCUT2D eigenvalue weighted by molar-refractivity contribution is 7.07. The molecule has 5 rings (SSSR count). The molecule has 5 heterocycles. The lowest BCUT2D eigenvalue weighted by molar-refractivity contribution is -0.140. The number of fused-ring (bicyclic) bond motifs is 4. The standard InChI is InChI=1S/C18H20N4O2S/c1-12-3-2-4-16(20-12)18(24)21-7-13-5-6-15(9-21)22(17(13)23)8-14-10-25-11-19-14/h2-4,10-11,13,15H,5-9H2,1H3/t13-,15+/m1/s1. The van der Waals surface area contributed by atoms with E-state index in [1.54, 1.807) is 11.6 Å². The van der Waals surface area contributed by atoms with E-state index in [9.17, 15) is 9.59 Å². The molecule has 130 valence electrons. The SMILES string of the molecule is Cc1cccc(C(=O)N2C[C@H]3CC[C@@H](C2)N(Cc2cscn2)C3=O)n1. The molecule has 6 nitrogen and oxygen atoms in total. The van der Waals surface area contributed by atoms with Crippen molar-refractivity contribution < 1.29 is 9.59 Å². The summed E-state index contributed by atoms with van der Waals surface area (Å²) in [5, 5.41) is 1.98. The summed E-state index contributed by atoms with van der Waals surface area (Å²) in [5.74, 6) is -0.0493. The van der Waals surface area contributed by atoms with Gasteiger partial charge in [-0.25, -0.2) is 9.97 Å². The molecule has 3 fully saturated rings. The summed E-state index contributed by atoms with van der Waals surface area (Å²) < 4.78 is 0. The van der Waals surface area contributed by atoms with Crippen LogP contribution >= 0.6 is 11.3 Å². The van der Waals surface area contributed by atoms with Crippen molar-refractivity contribution in [2.24, 2.45) is 5.92 Å². The molecule has 0 radical (unpaired) electrons. The van der Waals surface area contributed by atoms with Gasteiger partial charge in [-0.05, 0) is 31.9 Å². The molecule has 2 aromatic rings. The molecule has 0 aromatic carbocycles. The molecule has 0 aliphatic carbocycles. The molecule has 2 aromatic heterocycles. The quantitative estimate of drug-likeness (QED) is 0.845. The lowest BCUT2D eigenvalue weighted by atomic mass is 9.94. The van der Waals surface area contributed by atoms with Gasteiger partial charge in [0, 0.05) is 30.2 Å². The van der Waals surface area contributed by atoms with E-state index < -0.39 is 0 Å². The van der Waals surface area contributed by atoms with Crippen molar-refractivity contribution in [2.45, 2.75) is 32.4 Å². The van der Waals surface area contributed by atoms with Gasteiger partial charge in [0.05, 0.1) is 23.7 Å². The fourth-order valence-corrected chi connectivity index (χ4v) is 4.28. The zero-order chi connectivity index (χ0) is 17.4. The van der Waals surface area contributed by atoms with Gasteiger partial charge in [0.15, 0.2) is 0 Å². The number of nitrogens with zero attached hydrogens (tertiary/aromatic N) is 4. The first-order valence-electron chi connectivity index (χ1n) is 8.52. The molecule has 3 saturated heterocycles. The van der Waals surface area contributed by atoms with Crippen molar-refractivity contribution >= 4 is 23.2 Å². The lowest BCUT2D eigenvalue weighted by Crippen LogP contribution is -2.47. The monoisotopic (exact) mass is 356 g/mol. The third-order valence-electron chi connectivity index (χ3n) is 5.00. The van der Waals surface area contributed by atoms with Gasteiger partial charge in [0.1, 0.15) is 5.69 Å². The fraction of sp³-hybridized carbons (Fsp3) is 0.444. The third-order valence-corrected chi connectivity index (χ3v) is 5.64. The summed E-state index contributed by atoms with van der Waals surface area (Å²) in [6.45, 7) is 3.47. The predicted octanol–water partition coefficient (Wildman–Crippen LogP) is 2.11. The van der Waals surface area contributed by atoms with Gasteiger partial charge in [0.25, 0.3) is 5.91 Å². The molecule has 3 aliphatic heterocycles. The average Bonchev–Trinajstić information content (AvgIpc) is 2.97. The molecule has 2 atom stereocenters. The molecular formula is C18H20N4O2S. The van der Waals surface area contributed by atoms with E-state index in [2.05, 4.69) is 9.97 Å². The number of carbonyl (C=O) groups is 2. The number of amides is 2. The van der Waals surface area contributed by atoms with Crippen LogP contribution in [0.1, 0.15) is 34.7 Å². The van der Waals surface area contributed by atoms with Crippen LogP contribution in [-0.4, -0.2) is 50.7 Å². The van der Waals surface area contributed by atoms with Crippen LogP contribution < -0.4 is 0 Å². The summed E-state index contributed by atoms with van der Waals surface area (Å²) in [7, 11) is 0. The number of aryl methyl sites for hydroxylation is 1. The molecular weight excluding hydrogens is 336 g/mol. The Bertz CT molecular complexity index is 792. The highest BCUT2D eigenvalue weighted by Gasteiger charge is 2.42. The number of hydrogen-bond acceptors (Lipinski definition) is 5. The van der Waals surface area contributed by atoms with Crippen LogP contribution in [0.15, 0.2) is 29.1 Å². The predicted molar refractivity (Wildman–Crippen MR) is 94.1 cm³/mol. The van der Waals surface area contributed by atoms with Crippen molar-refractivity contribution in [3.05, 3.63) is 46.2 Å². The average molecular weight is 356 g/mol. The van der Waals surface area contributed by atoms with Gasteiger partial charge in [-0.15, -0.1) is 11.3 Å². The van der Waals surface area contributed by atoms with Crippen molar-refractivity contribution in [1.82, 2.24) is 19.8 Å². The highest BCUT2D eigenvalue weighted by atomic mass is 32.1. The van der Waals surface area contributed by atoms with Crippen LogP contribution in [0.25, 0.3) is 0 Å². The minimum Gasteiger partial charge on any atom is -0.334 e. The van der Waals surface area contributed by atoms with E-state index in [4.69, 9.17) is 0 Å². The summed E-state index contributed by atoms with van der Waals surface area (Å²) in [4.78, 5) is 38.1. The topological polar surface area (TPSA) is 66.4 Å². The maximum Gasteiger partial charge on any atom is 0.272 e. The number of pyridine rings is 1. The number of piperidine rings is 1. The normalized spacial score (nSPS) is 23.0. The number of aromatic nitrogens is 2. The van der Waals surface area contributed by atoms with Gasteiger partial charge < -0.3 is 9.80 Å². The minimum absolute atomic E-state index is 0.0571. The maximum atomic E-state index is 12.9. The van der Waals surface area contributed by atoms with E-state index in [0.717, 1.165) is 24.2 Å². The molecule has 0 spiro atoms. The molecule has 0 N–H and O–H groups in total. The molecule has 0 unspecified atom stereocenters. The molecule has 7 heteroatoms. The third kappa shape index (κ3) is 3.16. The van der Waals surface area contributed by atoms with Crippen LogP contribution in [0, 0.1) is 12.8 Å². The second-order valence-electron chi connectivity index (χ2n) is 6.75. The zero-order valence-electron chi connectivity index (χ0n) is 14.1. The summed E-state index contributed by atoms with van der Waals surface area (Å²) in [6.07, 6.45) is 1.79. The van der Waals surface area contributed by atoms with Crippen LogP contribution in [0.5, 0.6) is 0 Å². The van der Waals surface area contributed by atoms with Crippen LogP contribution in [0.4, 0.5) is 0 Å². The van der Waals surface area contributed by atoms with Crippen molar-refractivity contribution in [3.8, 4) is 0 Å². The van der Waals surface area contributed by atoms with Crippen molar-refractivity contribution in [2.75, 3.05) is 13.1 Å². The lowest BCUT2D eigenvalue weighted by Gasteiger charge is -2.35. The second-order valence-corrected chi connectivity index (χ2v) is 7.47. The van der Waals surface area contributed by atoms with Crippen LogP contribution in [-0.2, 0) is 11.3 Å². The van der Waals surface area contributed by atoms with E-state index in [0.29, 0.717) is 25.3 Å². The molecule has 3 aliphatic rings. The first-order valence-corrected chi connectivity index (χ1v) is 9.46. The second kappa shape index (κ2) is 6.55. The molecule has 0 saturated carbocycles. The summed E-state index contributed by atoms with van der Waals surface area (Å²) >= 11 is 1.54.